The molecule has 1 saturated heterocycles. The second kappa shape index (κ2) is 7.18. The Morgan fingerprint density at radius 2 is 2.11 bits per heavy atom. The lowest BCUT2D eigenvalue weighted by atomic mass is 9.94. The van der Waals surface area contributed by atoms with Gasteiger partial charge in [-0.3, -0.25) is 14.9 Å². The van der Waals surface area contributed by atoms with E-state index in [1.54, 1.807) is 6.07 Å². The molecule has 142 valence electrons. The summed E-state index contributed by atoms with van der Waals surface area (Å²) in [7, 11) is 0. The van der Waals surface area contributed by atoms with E-state index >= 15 is 0 Å². The van der Waals surface area contributed by atoms with Gasteiger partial charge in [0.1, 0.15) is 5.76 Å². The highest BCUT2D eigenvalue weighted by Gasteiger charge is 2.45. The summed E-state index contributed by atoms with van der Waals surface area (Å²) in [6.45, 7) is 1.94. The van der Waals surface area contributed by atoms with E-state index in [1.807, 2.05) is 30.4 Å². The molecule has 0 unspecified atom stereocenters. The number of carbonyl (C=O) groups excluding carboxylic acids is 1. The van der Waals surface area contributed by atoms with E-state index in [0.717, 1.165) is 42.1 Å². The van der Waals surface area contributed by atoms with Crippen molar-refractivity contribution in [1.29, 1.82) is 0 Å². The first-order valence-corrected chi connectivity index (χ1v) is 11.3. The van der Waals surface area contributed by atoms with E-state index in [1.165, 1.54) is 17.7 Å². The van der Waals surface area contributed by atoms with Crippen LogP contribution in [0.1, 0.15) is 40.3 Å². The largest absolute Gasteiger partial charge is 0.455 e. The smallest absolute Gasteiger partial charge is 0.291 e. The number of amides is 1. The number of fused-ring (bicyclic) bond motifs is 2. The van der Waals surface area contributed by atoms with E-state index in [-0.39, 0.29) is 15.7 Å². The average molecular weight is 469 g/mol. The first kappa shape index (κ1) is 18.9. The number of benzene rings is 1. The Labute approximate surface area is 173 Å². The number of carbonyl (C=O) groups is 1. The second-order valence-corrected chi connectivity index (χ2v) is 10.4. The number of nitro groups is 1. The first-order valence-electron chi connectivity index (χ1n) is 8.57. The van der Waals surface area contributed by atoms with Gasteiger partial charge in [-0.1, -0.05) is 0 Å². The van der Waals surface area contributed by atoms with Gasteiger partial charge in [-0.05, 0) is 41.8 Å². The van der Waals surface area contributed by atoms with Gasteiger partial charge in [-0.2, -0.15) is 0 Å². The number of furan rings is 1. The van der Waals surface area contributed by atoms with Crippen molar-refractivity contribution >= 4 is 56.7 Å². The zero-order valence-corrected chi connectivity index (χ0v) is 17.8. The molecule has 9 heteroatoms. The van der Waals surface area contributed by atoms with Gasteiger partial charge in [-0.15, -0.1) is 23.5 Å². The number of hydrogen-bond donors (Lipinski definition) is 1. The standard InChI is InChI=1S/C18H17BrN2O4S2/c1-10-15-14(3-2-6-18(15)26-7-8-27-18)25-16(10)17(22)20-13-9-11(21(23)24)4-5-12(13)19/h4-5,9H,2-3,6-8H2,1H3,(H,20,22). The molecule has 1 N–H and O–H groups in total. The lowest BCUT2D eigenvalue weighted by Crippen LogP contribution is -2.21. The van der Waals surface area contributed by atoms with Crippen molar-refractivity contribution in [3.63, 3.8) is 0 Å². The molecule has 1 spiro atoms. The molecule has 4 rings (SSSR count). The summed E-state index contributed by atoms with van der Waals surface area (Å²) in [6.07, 6.45) is 2.98. The lowest BCUT2D eigenvalue weighted by molar-refractivity contribution is -0.384. The van der Waals surface area contributed by atoms with Crippen LogP contribution < -0.4 is 5.32 Å². The third-order valence-corrected chi connectivity index (χ3v) is 9.10. The van der Waals surface area contributed by atoms with Crippen molar-refractivity contribution < 1.29 is 14.1 Å². The molecule has 0 bridgehead atoms. The fraction of sp³-hybridized carbons (Fsp3) is 0.389. The number of hydrogen-bond acceptors (Lipinski definition) is 6. The number of nitrogens with zero attached hydrogens (tertiary/aromatic N) is 1. The number of aryl methyl sites for hydroxylation is 1. The number of anilines is 1. The van der Waals surface area contributed by atoms with Crippen molar-refractivity contribution in [2.24, 2.45) is 0 Å². The van der Waals surface area contributed by atoms with Crippen molar-refractivity contribution in [2.45, 2.75) is 30.3 Å². The number of nitrogens with one attached hydrogen (secondary N) is 1. The molecule has 0 saturated carbocycles. The van der Waals surface area contributed by atoms with Crippen LogP contribution >= 0.6 is 39.5 Å². The molecule has 1 aliphatic heterocycles. The van der Waals surface area contributed by atoms with Crippen LogP contribution in [0.2, 0.25) is 0 Å². The predicted molar refractivity (Wildman–Crippen MR) is 112 cm³/mol. The maximum atomic E-state index is 12.9. The Hall–Kier alpha value is -1.45. The molecular weight excluding hydrogens is 452 g/mol. The summed E-state index contributed by atoms with van der Waals surface area (Å²) in [5.41, 5.74) is 2.32. The van der Waals surface area contributed by atoms with Gasteiger partial charge in [0, 0.05) is 45.7 Å². The molecule has 1 aromatic heterocycles. The fourth-order valence-electron chi connectivity index (χ4n) is 3.72. The Kier molecular flexibility index (Phi) is 5.02. The number of halogens is 1. The minimum Gasteiger partial charge on any atom is -0.455 e. The highest BCUT2D eigenvalue weighted by atomic mass is 79.9. The molecule has 2 aliphatic rings. The summed E-state index contributed by atoms with van der Waals surface area (Å²) >= 11 is 7.23. The Bertz CT molecular complexity index is 938. The zero-order chi connectivity index (χ0) is 19.2. The summed E-state index contributed by atoms with van der Waals surface area (Å²) in [5, 5.41) is 13.8. The third kappa shape index (κ3) is 3.30. The van der Waals surface area contributed by atoms with E-state index in [4.69, 9.17) is 4.42 Å². The second-order valence-electron chi connectivity index (χ2n) is 6.53. The summed E-state index contributed by atoms with van der Waals surface area (Å²) in [6, 6.07) is 4.27. The molecule has 1 fully saturated rings. The van der Waals surface area contributed by atoms with Crippen molar-refractivity contribution in [3.8, 4) is 0 Å². The fourth-order valence-corrected chi connectivity index (χ4v) is 7.62. The Morgan fingerprint density at radius 1 is 1.37 bits per heavy atom. The van der Waals surface area contributed by atoms with Crippen LogP contribution in [0.3, 0.4) is 0 Å². The van der Waals surface area contributed by atoms with Crippen LogP contribution in [-0.4, -0.2) is 22.3 Å². The number of non-ortho nitro benzene ring substituents is 1. The van der Waals surface area contributed by atoms with Gasteiger partial charge in [0.15, 0.2) is 5.76 Å². The molecule has 6 nitrogen and oxygen atoms in total. The van der Waals surface area contributed by atoms with E-state index in [2.05, 4.69) is 21.2 Å². The average Bonchev–Trinajstić information content (AvgIpc) is 3.22. The molecule has 1 amide bonds. The highest BCUT2D eigenvalue weighted by molar-refractivity contribution is 9.10. The molecule has 2 heterocycles. The molecule has 2 aromatic rings. The molecule has 1 aromatic carbocycles. The summed E-state index contributed by atoms with van der Waals surface area (Å²) in [5.74, 6) is 3.04. The van der Waals surface area contributed by atoms with Crippen LogP contribution in [0, 0.1) is 17.0 Å². The van der Waals surface area contributed by atoms with Gasteiger partial charge in [0.05, 0.1) is 14.7 Å². The van der Waals surface area contributed by atoms with Gasteiger partial charge in [0.25, 0.3) is 11.6 Å². The normalized spacial score (nSPS) is 17.7. The van der Waals surface area contributed by atoms with E-state index < -0.39 is 4.92 Å². The number of thioether (sulfide) groups is 2. The number of rotatable bonds is 3. The van der Waals surface area contributed by atoms with Gasteiger partial charge in [-0.25, -0.2) is 0 Å². The molecule has 0 atom stereocenters. The van der Waals surface area contributed by atoms with Crippen LogP contribution in [-0.2, 0) is 10.5 Å². The van der Waals surface area contributed by atoms with Crippen molar-refractivity contribution in [1.82, 2.24) is 0 Å². The lowest BCUT2D eigenvalue weighted by Gasteiger charge is -2.31. The predicted octanol–water partition coefficient (Wildman–Crippen LogP) is 5.48. The monoisotopic (exact) mass is 468 g/mol. The van der Waals surface area contributed by atoms with E-state index in [0.29, 0.717) is 15.9 Å². The minimum atomic E-state index is -0.489. The van der Waals surface area contributed by atoms with Gasteiger partial charge < -0.3 is 9.73 Å². The quantitative estimate of drug-likeness (QED) is 0.473. The minimum absolute atomic E-state index is 0.00577. The SMILES string of the molecule is Cc1c(C(=O)Nc2cc([N+](=O)[O-])ccc2Br)oc2c1C1(CCC2)SCCS1. The molecular formula is C18H17BrN2O4S2. The van der Waals surface area contributed by atoms with E-state index in [9.17, 15) is 14.9 Å². The first-order chi connectivity index (χ1) is 12.9. The van der Waals surface area contributed by atoms with Crippen LogP contribution in [0.4, 0.5) is 11.4 Å². The third-order valence-electron chi connectivity index (χ3n) is 4.88. The number of nitro benzene ring substituents is 1. The Morgan fingerprint density at radius 3 is 2.81 bits per heavy atom. The summed E-state index contributed by atoms with van der Waals surface area (Å²) in [4.78, 5) is 23.4. The topological polar surface area (TPSA) is 85.4 Å². The van der Waals surface area contributed by atoms with Crippen molar-refractivity contribution in [2.75, 3.05) is 16.8 Å². The molecule has 0 radical (unpaired) electrons. The van der Waals surface area contributed by atoms with Crippen LogP contribution in [0.15, 0.2) is 27.1 Å². The maximum Gasteiger partial charge on any atom is 0.291 e. The highest BCUT2D eigenvalue weighted by Crippen LogP contribution is 2.59. The molecule has 27 heavy (non-hydrogen) atoms. The Balaban J connectivity index is 1.67. The van der Waals surface area contributed by atoms with Gasteiger partial charge in [0.2, 0.25) is 0 Å². The summed E-state index contributed by atoms with van der Waals surface area (Å²) < 4.78 is 6.57. The van der Waals surface area contributed by atoms with Crippen LogP contribution in [0.5, 0.6) is 0 Å². The zero-order valence-electron chi connectivity index (χ0n) is 14.5. The van der Waals surface area contributed by atoms with Crippen molar-refractivity contribution in [3.05, 3.63) is 55.4 Å². The van der Waals surface area contributed by atoms with Crippen LogP contribution in [0.25, 0.3) is 0 Å². The van der Waals surface area contributed by atoms with Gasteiger partial charge >= 0.3 is 0 Å². The maximum absolute atomic E-state index is 12.9. The molecule has 1 aliphatic carbocycles.